The summed E-state index contributed by atoms with van der Waals surface area (Å²) in [6, 6.07) is 15.4. The van der Waals surface area contributed by atoms with E-state index in [2.05, 4.69) is 4.98 Å². The van der Waals surface area contributed by atoms with Crippen molar-refractivity contribution in [3.63, 3.8) is 0 Å². The summed E-state index contributed by atoms with van der Waals surface area (Å²) in [5, 5.41) is 10.1. The van der Waals surface area contributed by atoms with Gasteiger partial charge >= 0.3 is 12.4 Å². The van der Waals surface area contributed by atoms with E-state index >= 15 is 0 Å². The van der Waals surface area contributed by atoms with Gasteiger partial charge in [-0.25, -0.2) is 4.98 Å². The van der Waals surface area contributed by atoms with Crippen LogP contribution in [0.1, 0.15) is 28.1 Å². The first-order chi connectivity index (χ1) is 16.8. The second-order valence-corrected chi connectivity index (χ2v) is 8.49. The van der Waals surface area contributed by atoms with Crippen LogP contribution >= 0.6 is 0 Å². The monoisotopic (exact) mass is 506 g/mol. The zero-order valence-electron chi connectivity index (χ0n) is 19.1. The van der Waals surface area contributed by atoms with Crippen molar-refractivity contribution >= 4 is 10.9 Å². The summed E-state index contributed by atoms with van der Waals surface area (Å²) in [4.78, 5) is 18.2. The van der Waals surface area contributed by atoms with Crippen molar-refractivity contribution in [1.82, 2.24) is 9.55 Å². The first kappa shape index (κ1) is 25.4. The van der Waals surface area contributed by atoms with Gasteiger partial charge in [-0.2, -0.15) is 26.3 Å². The van der Waals surface area contributed by atoms with Crippen LogP contribution in [0.15, 0.2) is 71.5 Å². The van der Waals surface area contributed by atoms with Crippen molar-refractivity contribution in [3.05, 3.63) is 105 Å². The summed E-state index contributed by atoms with van der Waals surface area (Å²) in [7, 11) is 0. The van der Waals surface area contributed by atoms with Gasteiger partial charge in [-0.05, 0) is 48.7 Å². The molecule has 188 valence electrons. The van der Waals surface area contributed by atoms with Crippen molar-refractivity contribution in [2.75, 3.05) is 0 Å². The Balaban J connectivity index is 2.04. The summed E-state index contributed by atoms with van der Waals surface area (Å²) < 4.78 is 82.1. The molecule has 1 N–H and O–H groups in total. The first-order valence-corrected chi connectivity index (χ1v) is 10.8. The molecule has 0 aliphatic carbocycles. The topological polar surface area (TPSA) is 55.1 Å². The van der Waals surface area contributed by atoms with Gasteiger partial charge in [-0.3, -0.25) is 9.36 Å². The van der Waals surface area contributed by atoms with Crippen LogP contribution in [0.4, 0.5) is 26.3 Å². The van der Waals surface area contributed by atoms with Crippen molar-refractivity contribution in [3.8, 4) is 5.69 Å². The Morgan fingerprint density at radius 2 is 1.50 bits per heavy atom. The third kappa shape index (κ3) is 4.15. The maximum Gasteiger partial charge on any atom is 0.430 e. The van der Waals surface area contributed by atoms with E-state index < -0.39 is 29.1 Å². The summed E-state index contributed by atoms with van der Waals surface area (Å²) in [5.74, 6) is 0.113. The number of rotatable bonds is 4. The van der Waals surface area contributed by atoms with Crippen LogP contribution in [0.3, 0.4) is 0 Å². The number of fused-ring (bicyclic) bond motifs is 1. The molecule has 1 heterocycles. The Bertz CT molecular complexity index is 1480. The van der Waals surface area contributed by atoms with Crippen LogP contribution in [0.5, 0.6) is 0 Å². The average Bonchev–Trinajstić information content (AvgIpc) is 2.80. The van der Waals surface area contributed by atoms with Gasteiger partial charge in [0.2, 0.25) is 0 Å². The summed E-state index contributed by atoms with van der Waals surface area (Å²) >= 11 is 0. The third-order valence-corrected chi connectivity index (χ3v) is 6.19. The van der Waals surface area contributed by atoms with Crippen LogP contribution < -0.4 is 5.56 Å². The molecule has 4 nitrogen and oxygen atoms in total. The van der Waals surface area contributed by atoms with E-state index in [9.17, 15) is 36.2 Å². The molecule has 10 heteroatoms. The lowest BCUT2D eigenvalue weighted by atomic mass is 9.92. The van der Waals surface area contributed by atoms with E-state index in [-0.39, 0.29) is 23.3 Å². The lowest BCUT2D eigenvalue weighted by Crippen LogP contribution is -2.54. The third-order valence-electron chi connectivity index (χ3n) is 6.19. The van der Waals surface area contributed by atoms with Crippen molar-refractivity contribution in [2.45, 2.75) is 38.2 Å². The minimum absolute atomic E-state index is 0.0754. The second kappa shape index (κ2) is 8.77. The molecule has 3 aromatic carbocycles. The van der Waals surface area contributed by atoms with Gasteiger partial charge in [0.05, 0.1) is 16.6 Å². The SMILES string of the molecule is Cc1ccc2nc(Cc3ccccc3)n(-c3cccc(C(O)(C(F)(F)F)C(F)(F)F)c3)c(=O)c2c1C. The van der Waals surface area contributed by atoms with E-state index in [0.29, 0.717) is 23.2 Å². The molecule has 0 aliphatic heterocycles. The Kier molecular flexibility index (Phi) is 6.20. The minimum atomic E-state index is -6.06. The zero-order chi connectivity index (χ0) is 26.5. The number of hydrogen-bond donors (Lipinski definition) is 1. The fraction of sp³-hybridized carbons (Fsp3) is 0.231. The number of alkyl halides is 6. The van der Waals surface area contributed by atoms with Crippen molar-refractivity contribution in [2.24, 2.45) is 0 Å². The fourth-order valence-corrected chi connectivity index (χ4v) is 4.10. The quantitative estimate of drug-likeness (QED) is 0.351. The molecule has 0 aliphatic rings. The second-order valence-electron chi connectivity index (χ2n) is 8.49. The van der Waals surface area contributed by atoms with E-state index in [4.69, 9.17) is 0 Å². The van der Waals surface area contributed by atoms with Gasteiger partial charge in [0.1, 0.15) is 5.82 Å². The molecule has 0 saturated carbocycles. The maximum atomic E-state index is 13.7. The van der Waals surface area contributed by atoms with Gasteiger partial charge in [0, 0.05) is 12.0 Å². The molecular formula is C26H20F6N2O2. The number of nitrogens with zero attached hydrogens (tertiary/aromatic N) is 2. The molecule has 4 aromatic rings. The van der Waals surface area contributed by atoms with Crippen molar-refractivity contribution in [1.29, 1.82) is 0 Å². The highest BCUT2D eigenvalue weighted by molar-refractivity contribution is 5.82. The fourth-order valence-electron chi connectivity index (χ4n) is 4.10. The van der Waals surface area contributed by atoms with Gasteiger partial charge in [-0.15, -0.1) is 0 Å². The molecule has 0 saturated heterocycles. The minimum Gasteiger partial charge on any atom is -0.369 e. The smallest absolute Gasteiger partial charge is 0.369 e. The predicted octanol–water partition coefficient (Wildman–Crippen LogP) is 5.91. The predicted molar refractivity (Wildman–Crippen MR) is 122 cm³/mol. The molecule has 0 amide bonds. The highest BCUT2D eigenvalue weighted by atomic mass is 19.4. The normalized spacial score (nSPS) is 12.8. The Labute approximate surface area is 201 Å². The Morgan fingerprint density at radius 3 is 2.11 bits per heavy atom. The molecule has 0 unspecified atom stereocenters. The molecule has 0 atom stereocenters. The number of halogens is 6. The van der Waals surface area contributed by atoms with E-state index in [1.54, 1.807) is 56.3 Å². The highest BCUT2D eigenvalue weighted by Gasteiger charge is 2.71. The molecule has 0 radical (unpaired) electrons. The number of aryl methyl sites for hydroxylation is 2. The van der Waals surface area contributed by atoms with Crippen molar-refractivity contribution < 1.29 is 31.4 Å². The maximum absolute atomic E-state index is 13.7. The number of aromatic nitrogens is 2. The number of aliphatic hydroxyl groups is 1. The lowest BCUT2D eigenvalue weighted by molar-refractivity contribution is -0.376. The molecule has 0 fully saturated rings. The largest absolute Gasteiger partial charge is 0.430 e. The van der Waals surface area contributed by atoms with Crippen LogP contribution in [0.2, 0.25) is 0 Å². The average molecular weight is 506 g/mol. The van der Waals surface area contributed by atoms with Gasteiger partial charge < -0.3 is 5.11 Å². The molecular weight excluding hydrogens is 486 g/mol. The number of hydrogen-bond acceptors (Lipinski definition) is 3. The molecule has 4 rings (SSSR count). The Hall–Kier alpha value is -3.66. The summed E-state index contributed by atoms with van der Waals surface area (Å²) in [5.41, 5.74) is -5.10. The van der Waals surface area contributed by atoms with E-state index in [1.807, 2.05) is 0 Å². The Morgan fingerprint density at radius 1 is 0.861 bits per heavy atom. The summed E-state index contributed by atoms with van der Waals surface area (Å²) in [6.07, 6.45) is -12.0. The van der Waals surface area contributed by atoms with Gasteiger partial charge in [-0.1, -0.05) is 48.5 Å². The van der Waals surface area contributed by atoms with Gasteiger partial charge in [0.25, 0.3) is 11.2 Å². The molecule has 36 heavy (non-hydrogen) atoms. The van der Waals surface area contributed by atoms with Crippen LogP contribution in [-0.4, -0.2) is 27.0 Å². The highest BCUT2D eigenvalue weighted by Crippen LogP contribution is 2.50. The van der Waals surface area contributed by atoms with Gasteiger partial charge in [0.15, 0.2) is 0 Å². The molecule has 0 bridgehead atoms. The summed E-state index contributed by atoms with van der Waals surface area (Å²) in [6.45, 7) is 3.45. The van der Waals surface area contributed by atoms with Crippen LogP contribution in [-0.2, 0) is 12.0 Å². The van der Waals surface area contributed by atoms with Crippen LogP contribution in [0.25, 0.3) is 16.6 Å². The van der Waals surface area contributed by atoms with Crippen LogP contribution in [0, 0.1) is 13.8 Å². The standard InChI is InChI=1S/C26H20F6N2O2/c1-15-11-12-20-22(16(15)2)23(35)34(21(33-20)13-17-7-4-3-5-8-17)19-10-6-9-18(14-19)24(36,25(27,28)29)26(30,31)32/h3-12,14,36H,13H2,1-2H3. The molecule has 1 aromatic heterocycles. The number of benzene rings is 3. The first-order valence-electron chi connectivity index (χ1n) is 10.8. The van der Waals surface area contributed by atoms with E-state index in [0.717, 1.165) is 21.8 Å². The van der Waals surface area contributed by atoms with E-state index in [1.165, 1.54) is 6.07 Å². The lowest BCUT2D eigenvalue weighted by Gasteiger charge is -2.33. The molecule has 0 spiro atoms. The zero-order valence-corrected chi connectivity index (χ0v) is 19.1.